The maximum Gasteiger partial charge on any atom is 0.258 e. The Morgan fingerprint density at radius 2 is 1.82 bits per heavy atom. The van der Waals surface area contributed by atoms with Gasteiger partial charge < -0.3 is 4.98 Å². The van der Waals surface area contributed by atoms with Crippen molar-refractivity contribution in [2.75, 3.05) is 12.8 Å². The van der Waals surface area contributed by atoms with E-state index in [2.05, 4.69) is 14.8 Å². The Morgan fingerprint density at radius 1 is 1.10 bits per heavy atom. The van der Waals surface area contributed by atoms with Crippen LogP contribution in [0, 0.1) is 5.82 Å². The number of hydrazone groups is 1. The number of aromatic amines is 1. The van der Waals surface area contributed by atoms with E-state index in [9.17, 15) is 22.4 Å². The zero-order valence-corrected chi connectivity index (χ0v) is 22.4. The highest BCUT2D eigenvalue weighted by atomic mass is 35.5. The van der Waals surface area contributed by atoms with Crippen molar-refractivity contribution >= 4 is 44.1 Å². The van der Waals surface area contributed by atoms with Crippen LogP contribution in [0.5, 0.6) is 0 Å². The molecule has 5 rings (SSSR count). The molecule has 1 aliphatic rings. The smallest absolute Gasteiger partial charge is 0.258 e. The van der Waals surface area contributed by atoms with Crippen molar-refractivity contribution < 1.29 is 17.6 Å². The van der Waals surface area contributed by atoms with Gasteiger partial charge in [-0.05, 0) is 41.5 Å². The summed E-state index contributed by atoms with van der Waals surface area (Å²) in [5, 5.41) is 7.06. The van der Waals surface area contributed by atoms with Gasteiger partial charge in [0.25, 0.3) is 5.56 Å². The number of nitrogens with one attached hydrogen (secondary N) is 2. The normalized spacial score (nSPS) is 15.5. The van der Waals surface area contributed by atoms with Gasteiger partial charge in [0.05, 0.1) is 23.6 Å². The van der Waals surface area contributed by atoms with Crippen LogP contribution < -0.4 is 10.3 Å². The molecule has 8 nitrogen and oxygen atoms in total. The largest absolute Gasteiger partial charge is 0.321 e. The molecule has 4 aromatic rings. The number of carbonyl (C=O) groups is 1. The number of hydrogen-bond acceptors (Lipinski definition) is 5. The van der Waals surface area contributed by atoms with Gasteiger partial charge in [-0.25, -0.2) is 22.5 Å². The van der Waals surface area contributed by atoms with Crippen LogP contribution in [0.3, 0.4) is 0 Å². The monoisotopic (exact) mass is 566 g/mol. The Kier molecular flexibility index (Phi) is 7.35. The number of halogens is 2. The van der Waals surface area contributed by atoms with Crippen molar-refractivity contribution in [2.24, 2.45) is 5.10 Å². The number of aromatic nitrogens is 1. The fraction of sp³-hybridized carbons (Fsp3) is 0.179. The number of sulfonamides is 1. The molecule has 39 heavy (non-hydrogen) atoms. The fourth-order valence-electron chi connectivity index (χ4n) is 4.74. The van der Waals surface area contributed by atoms with E-state index in [1.54, 1.807) is 30.3 Å². The lowest BCUT2D eigenvalue weighted by molar-refractivity contribution is -0.132. The minimum absolute atomic E-state index is 0.112. The SMILES string of the molecule is CS(=O)(=O)NCCC(=O)N1N=C(c2c(-c3ccccc3)c3cc(Cl)ccc3[nH]c2=O)CC1c1ccc(F)cc1. The van der Waals surface area contributed by atoms with Crippen LogP contribution in [0.2, 0.25) is 5.02 Å². The Hall–Kier alpha value is -3.86. The average molecular weight is 567 g/mol. The molecule has 200 valence electrons. The number of hydrogen-bond donors (Lipinski definition) is 2. The molecule has 0 bridgehead atoms. The predicted octanol–water partition coefficient (Wildman–Crippen LogP) is 4.60. The van der Waals surface area contributed by atoms with Gasteiger partial charge in [0.15, 0.2) is 0 Å². The number of rotatable bonds is 7. The molecule has 1 unspecified atom stereocenters. The molecule has 0 saturated heterocycles. The summed E-state index contributed by atoms with van der Waals surface area (Å²) in [6, 6.07) is 19.6. The summed E-state index contributed by atoms with van der Waals surface area (Å²) in [5.41, 5.74) is 2.91. The Morgan fingerprint density at radius 3 is 2.51 bits per heavy atom. The van der Waals surface area contributed by atoms with Crippen LogP contribution in [0.1, 0.15) is 30.0 Å². The quantitative estimate of drug-likeness (QED) is 0.340. The van der Waals surface area contributed by atoms with Gasteiger partial charge in [-0.2, -0.15) is 5.10 Å². The van der Waals surface area contributed by atoms with E-state index >= 15 is 0 Å². The zero-order chi connectivity index (χ0) is 27.7. The first kappa shape index (κ1) is 26.7. The van der Waals surface area contributed by atoms with E-state index < -0.39 is 27.8 Å². The molecule has 2 heterocycles. The molecule has 1 aromatic heterocycles. The molecule has 1 aliphatic heterocycles. The van der Waals surface area contributed by atoms with Crippen molar-refractivity contribution in [2.45, 2.75) is 18.9 Å². The highest BCUT2D eigenvalue weighted by Crippen LogP contribution is 2.37. The number of carbonyl (C=O) groups excluding carboxylic acids is 1. The fourth-order valence-corrected chi connectivity index (χ4v) is 5.38. The molecule has 0 fully saturated rings. The van der Waals surface area contributed by atoms with Crippen LogP contribution in [0.4, 0.5) is 4.39 Å². The third-order valence-corrected chi connectivity index (χ3v) is 7.41. The standard InChI is InChI=1S/C28H24ClFN4O4S/c1-39(37,38)31-14-13-25(35)34-24(17-7-10-20(30)11-8-17)16-23(33-34)27-26(18-5-3-2-4-6-18)21-15-19(29)9-12-22(21)32-28(27)36/h2-12,15,24,31H,13-14,16H2,1H3,(H,32,36). The second kappa shape index (κ2) is 10.7. The minimum atomic E-state index is -3.49. The van der Waals surface area contributed by atoms with E-state index in [1.165, 1.54) is 17.1 Å². The second-order valence-corrected chi connectivity index (χ2v) is 11.5. The van der Waals surface area contributed by atoms with Crippen molar-refractivity contribution in [3.8, 4) is 11.1 Å². The van der Waals surface area contributed by atoms with Crippen molar-refractivity contribution in [1.82, 2.24) is 14.7 Å². The molecule has 1 atom stereocenters. The van der Waals surface area contributed by atoms with Crippen molar-refractivity contribution in [1.29, 1.82) is 0 Å². The summed E-state index contributed by atoms with van der Waals surface area (Å²) in [6.07, 6.45) is 1.04. The first-order chi connectivity index (χ1) is 18.6. The third-order valence-electron chi connectivity index (χ3n) is 6.45. The van der Waals surface area contributed by atoms with Gasteiger partial charge in [-0.1, -0.05) is 54.1 Å². The maximum absolute atomic E-state index is 13.7. The third kappa shape index (κ3) is 5.78. The number of nitrogens with zero attached hydrogens (tertiary/aromatic N) is 2. The van der Waals surface area contributed by atoms with E-state index in [-0.39, 0.29) is 24.9 Å². The van der Waals surface area contributed by atoms with Gasteiger partial charge in [0, 0.05) is 40.9 Å². The van der Waals surface area contributed by atoms with Crippen LogP contribution in [0.15, 0.2) is 82.7 Å². The van der Waals surface area contributed by atoms with Crippen molar-refractivity contribution in [3.63, 3.8) is 0 Å². The van der Waals surface area contributed by atoms with Crippen LogP contribution >= 0.6 is 11.6 Å². The average Bonchev–Trinajstić information content (AvgIpc) is 3.33. The summed E-state index contributed by atoms with van der Waals surface area (Å²) >= 11 is 6.34. The van der Waals surface area contributed by atoms with Gasteiger partial charge in [0.1, 0.15) is 5.82 Å². The zero-order valence-electron chi connectivity index (χ0n) is 20.8. The molecule has 11 heteroatoms. The molecule has 3 aromatic carbocycles. The Balaban J connectivity index is 1.65. The minimum Gasteiger partial charge on any atom is -0.321 e. The molecular weight excluding hydrogens is 543 g/mol. The van der Waals surface area contributed by atoms with Gasteiger partial charge in [-0.15, -0.1) is 0 Å². The molecule has 2 N–H and O–H groups in total. The van der Waals surface area contributed by atoms with Crippen LogP contribution in [-0.4, -0.2) is 42.8 Å². The van der Waals surface area contributed by atoms with Crippen molar-refractivity contribution in [3.05, 3.63) is 105 Å². The number of H-pyrrole nitrogens is 1. The molecule has 0 radical (unpaired) electrons. The molecule has 0 aliphatic carbocycles. The molecule has 0 saturated carbocycles. The second-order valence-electron chi connectivity index (χ2n) is 9.23. The predicted molar refractivity (Wildman–Crippen MR) is 150 cm³/mol. The summed E-state index contributed by atoms with van der Waals surface area (Å²) in [4.78, 5) is 29.7. The number of pyridine rings is 1. The van der Waals surface area contributed by atoms with Gasteiger partial charge in [0.2, 0.25) is 15.9 Å². The van der Waals surface area contributed by atoms with E-state index in [0.29, 0.717) is 38.3 Å². The molecular formula is C28H24ClFN4O4S. The van der Waals surface area contributed by atoms with E-state index in [1.807, 2.05) is 30.3 Å². The van der Waals surface area contributed by atoms with Crippen LogP contribution in [0.25, 0.3) is 22.0 Å². The van der Waals surface area contributed by atoms with Gasteiger partial charge in [-0.3, -0.25) is 9.59 Å². The lowest BCUT2D eigenvalue weighted by Crippen LogP contribution is -2.31. The Labute approximate surface area is 229 Å². The van der Waals surface area contributed by atoms with Gasteiger partial charge >= 0.3 is 0 Å². The van der Waals surface area contributed by atoms with E-state index in [0.717, 1.165) is 11.8 Å². The first-order valence-corrected chi connectivity index (χ1v) is 14.4. The lowest BCUT2D eigenvalue weighted by Gasteiger charge is -2.22. The topological polar surface area (TPSA) is 112 Å². The Bertz CT molecular complexity index is 1760. The van der Waals surface area contributed by atoms with Crippen LogP contribution in [-0.2, 0) is 14.8 Å². The number of benzene rings is 3. The highest BCUT2D eigenvalue weighted by Gasteiger charge is 2.35. The number of amides is 1. The summed E-state index contributed by atoms with van der Waals surface area (Å²) in [7, 11) is -3.49. The summed E-state index contributed by atoms with van der Waals surface area (Å²) < 4.78 is 39.0. The number of fused-ring (bicyclic) bond motifs is 1. The molecule has 1 amide bonds. The van der Waals surface area contributed by atoms with E-state index in [4.69, 9.17) is 11.6 Å². The molecule has 0 spiro atoms. The summed E-state index contributed by atoms with van der Waals surface area (Å²) in [6.45, 7) is -0.112. The first-order valence-electron chi connectivity index (χ1n) is 12.1. The lowest BCUT2D eigenvalue weighted by atomic mass is 9.91. The highest BCUT2D eigenvalue weighted by molar-refractivity contribution is 7.88. The summed E-state index contributed by atoms with van der Waals surface area (Å²) in [5.74, 6) is -0.876. The maximum atomic E-state index is 13.7.